The van der Waals surface area contributed by atoms with Crippen molar-refractivity contribution in [1.82, 2.24) is 5.32 Å². The van der Waals surface area contributed by atoms with Gasteiger partial charge < -0.3 is 11.1 Å². The molecule has 64 valence electrons. The Bertz CT molecular complexity index is 147. The van der Waals surface area contributed by atoms with Crippen molar-refractivity contribution in [3.63, 3.8) is 0 Å². The molecule has 3 nitrogen and oxygen atoms in total. The van der Waals surface area contributed by atoms with Crippen LogP contribution >= 0.6 is 0 Å². The Morgan fingerprint density at radius 1 is 1.64 bits per heavy atom. The van der Waals surface area contributed by atoms with E-state index in [-0.39, 0.29) is 11.8 Å². The third kappa shape index (κ3) is 1.93. The topological polar surface area (TPSA) is 55.1 Å². The molecule has 0 heterocycles. The molecule has 1 amide bonds. The van der Waals surface area contributed by atoms with Gasteiger partial charge in [0.2, 0.25) is 5.91 Å². The van der Waals surface area contributed by atoms with Crippen LogP contribution in [0.25, 0.3) is 0 Å². The smallest absolute Gasteiger partial charge is 0.222 e. The lowest BCUT2D eigenvalue weighted by atomic mass is 10.0. The summed E-state index contributed by atoms with van der Waals surface area (Å²) >= 11 is 0. The Morgan fingerprint density at radius 2 is 2.36 bits per heavy atom. The van der Waals surface area contributed by atoms with Gasteiger partial charge in [0.15, 0.2) is 0 Å². The minimum atomic E-state index is -0.145. The number of primary amides is 1. The molecule has 0 spiro atoms. The normalized spacial score (nSPS) is 30.6. The first-order valence-corrected chi connectivity index (χ1v) is 4.28. The quantitative estimate of drug-likeness (QED) is 0.615. The molecular weight excluding hydrogens is 140 g/mol. The number of nitrogens with two attached hydrogens (primary N) is 1. The van der Waals surface area contributed by atoms with Gasteiger partial charge >= 0.3 is 0 Å². The summed E-state index contributed by atoms with van der Waals surface area (Å²) in [5, 5.41) is 3.28. The molecule has 0 saturated heterocycles. The Kier molecular flexibility index (Phi) is 2.88. The number of hydrogen-bond donors (Lipinski definition) is 2. The Labute approximate surface area is 67.3 Å². The zero-order chi connectivity index (χ0) is 8.27. The number of carbonyl (C=O) groups excluding carboxylic acids is 1. The summed E-state index contributed by atoms with van der Waals surface area (Å²) in [6, 6.07) is 0.345. The standard InChI is InChI=1S/C8H16N2O/c1-2-10-7-5-3-4-6(7)8(9)11/h6-7,10H,2-5H2,1H3,(H2,9,11)/t6-,7?/m1/s1. The second-order valence-corrected chi connectivity index (χ2v) is 3.10. The van der Waals surface area contributed by atoms with Crippen LogP contribution in [-0.2, 0) is 4.79 Å². The highest BCUT2D eigenvalue weighted by Crippen LogP contribution is 2.24. The molecule has 0 aromatic rings. The van der Waals surface area contributed by atoms with Crippen molar-refractivity contribution in [1.29, 1.82) is 0 Å². The highest BCUT2D eigenvalue weighted by Gasteiger charge is 2.30. The van der Waals surface area contributed by atoms with Crippen LogP contribution in [0, 0.1) is 5.92 Å². The van der Waals surface area contributed by atoms with Crippen LogP contribution in [0.2, 0.25) is 0 Å². The predicted octanol–water partition coefficient (Wildman–Crippen LogP) is 0.250. The minimum absolute atomic E-state index is 0.0787. The van der Waals surface area contributed by atoms with Crippen molar-refractivity contribution in [3.8, 4) is 0 Å². The summed E-state index contributed by atoms with van der Waals surface area (Å²) < 4.78 is 0. The van der Waals surface area contributed by atoms with Crippen LogP contribution in [0.15, 0.2) is 0 Å². The second-order valence-electron chi connectivity index (χ2n) is 3.10. The second kappa shape index (κ2) is 3.72. The van der Waals surface area contributed by atoms with Crippen LogP contribution < -0.4 is 11.1 Å². The summed E-state index contributed by atoms with van der Waals surface area (Å²) in [5.74, 6) is -0.0663. The SMILES string of the molecule is CCNC1CCC[C@H]1C(N)=O. The van der Waals surface area contributed by atoms with Gasteiger partial charge in [-0.15, -0.1) is 0 Å². The Hall–Kier alpha value is -0.570. The van der Waals surface area contributed by atoms with E-state index < -0.39 is 0 Å². The van der Waals surface area contributed by atoms with E-state index in [1.54, 1.807) is 0 Å². The summed E-state index contributed by atoms with van der Waals surface area (Å²) in [6.45, 7) is 2.98. The summed E-state index contributed by atoms with van der Waals surface area (Å²) in [4.78, 5) is 10.9. The maximum absolute atomic E-state index is 10.9. The molecule has 0 aromatic heterocycles. The average Bonchev–Trinajstić information content (AvgIpc) is 2.36. The predicted molar refractivity (Wildman–Crippen MR) is 44.0 cm³/mol. The van der Waals surface area contributed by atoms with Gasteiger partial charge in [0.05, 0.1) is 5.92 Å². The molecule has 3 heteroatoms. The summed E-state index contributed by atoms with van der Waals surface area (Å²) in [6.07, 6.45) is 3.19. The fourth-order valence-corrected chi connectivity index (χ4v) is 1.81. The third-order valence-electron chi connectivity index (χ3n) is 2.35. The monoisotopic (exact) mass is 156 g/mol. The minimum Gasteiger partial charge on any atom is -0.369 e. The fraction of sp³-hybridized carbons (Fsp3) is 0.875. The molecule has 3 N–H and O–H groups in total. The fourth-order valence-electron chi connectivity index (χ4n) is 1.81. The van der Waals surface area contributed by atoms with Gasteiger partial charge in [0.25, 0.3) is 0 Å². The molecule has 1 saturated carbocycles. The molecule has 1 rings (SSSR count). The number of nitrogens with one attached hydrogen (secondary N) is 1. The Morgan fingerprint density at radius 3 is 2.91 bits per heavy atom. The van der Waals surface area contributed by atoms with Crippen LogP contribution in [0.5, 0.6) is 0 Å². The van der Waals surface area contributed by atoms with E-state index in [1.165, 1.54) is 0 Å². The molecule has 0 radical (unpaired) electrons. The molecule has 1 aliphatic rings. The maximum Gasteiger partial charge on any atom is 0.222 e. The third-order valence-corrected chi connectivity index (χ3v) is 2.35. The van der Waals surface area contributed by atoms with Crippen LogP contribution in [0.3, 0.4) is 0 Å². The van der Waals surface area contributed by atoms with Crippen LogP contribution in [0.1, 0.15) is 26.2 Å². The first-order chi connectivity index (χ1) is 5.25. The Balaban J connectivity index is 2.44. The van der Waals surface area contributed by atoms with Crippen LogP contribution in [-0.4, -0.2) is 18.5 Å². The van der Waals surface area contributed by atoms with E-state index in [1.807, 2.05) is 0 Å². The van der Waals surface area contributed by atoms with Gasteiger partial charge in [-0.3, -0.25) is 4.79 Å². The van der Waals surface area contributed by atoms with Gasteiger partial charge in [-0.05, 0) is 19.4 Å². The molecule has 1 unspecified atom stereocenters. The van der Waals surface area contributed by atoms with E-state index >= 15 is 0 Å². The van der Waals surface area contributed by atoms with Gasteiger partial charge in [-0.25, -0.2) is 0 Å². The molecule has 11 heavy (non-hydrogen) atoms. The van der Waals surface area contributed by atoms with Crippen molar-refractivity contribution in [2.75, 3.05) is 6.54 Å². The van der Waals surface area contributed by atoms with Gasteiger partial charge in [0.1, 0.15) is 0 Å². The molecule has 1 fully saturated rings. The average molecular weight is 156 g/mol. The van der Waals surface area contributed by atoms with Gasteiger partial charge in [-0.2, -0.15) is 0 Å². The maximum atomic E-state index is 10.9. The lowest BCUT2D eigenvalue weighted by molar-refractivity contribution is -0.122. The molecule has 0 aliphatic heterocycles. The number of rotatable bonds is 3. The molecular formula is C8H16N2O. The van der Waals surface area contributed by atoms with Crippen molar-refractivity contribution < 1.29 is 4.79 Å². The summed E-state index contributed by atoms with van der Waals surface area (Å²) in [7, 11) is 0. The van der Waals surface area contributed by atoms with Gasteiger partial charge in [-0.1, -0.05) is 13.3 Å². The zero-order valence-corrected chi connectivity index (χ0v) is 6.97. The van der Waals surface area contributed by atoms with Crippen molar-refractivity contribution in [2.45, 2.75) is 32.2 Å². The molecule has 1 aliphatic carbocycles. The van der Waals surface area contributed by atoms with E-state index in [2.05, 4.69) is 12.2 Å². The number of carbonyl (C=O) groups is 1. The van der Waals surface area contributed by atoms with Crippen molar-refractivity contribution in [2.24, 2.45) is 11.7 Å². The van der Waals surface area contributed by atoms with E-state index in [0.717, 1.165) is 25.8 Å². The van der Waals surface area contributed by atoms with E-state index in [9.17, 15) is 4.79 Å². The number of hydrogen-bond acceptors (Lipinski definition) is 2. The molecule has 2 atom stereocenters. The summed E-state index contributed by atoms with van der Waals surface area (Å²) in [5.41, 5.74) is 5.24. The highest BCUT2D eigenvalue weighted by atomic mass is 16.1. The zero-order valence-electron chi connectivity index (χ0n) is 6.97. The van der Waals surface area contributed by atoms with Gasteiger partial charge in [0, 0.05) is 6.04 Å². The largest absolute Gasteiger partial charge is 0.369 e. The van der Waals surface area contributed by atoms with Crippen molar-refractivity contribution in [3.05, 3.63) is 0 Å². The lowest BCUT2D eigenvalue weighted by Crippen LogP contribution is -2.39. The van der Waals surface area contributed by atoms with Crippen LogP contribution in [0.4, 0.5) is 0 Å². The van der Waals surface area contributed by atoms with E-state index in [0.29, 0.717) is 6.04 Å². The van der Waals surface area contributed by atoms with Crippen molar-refractivity contribution >= 4 is 5.91 Å². The molecule has 0 bridgehead atoms. The lowest BCUT2D eigenvalue weighted by Gasteiger charge is -2.16. The highest BCUT2D eigenvalue weighted by molar-refractivity contribution is 5.77. The number of amides is 1. The first-order valence-electron chi connectivity index (χ1n) is 4.28. The molecule has 0 aromatic carbocycles. The van der Waals surface area contributed by atoms with E-state index in [4.69, 9.17) is 5.73 Å². The first kappa shape index (κ1) is 8.53.